The number of nitrogens with zero attached hydrogens (tertiary/aromatic N) is 3. The lowest BCUT2D eigenvalue weighted by molar-refractivity contribution is 0.217. The smallest absolute Gasteiger partial charge is 0.142 e. The largest absolute Gasteiger partial charge is 0.459 e. The summed E-state index contributed by atoms with van der Waals surface area (Å²) in [6.45, 7) is 4.91. The lowest BCUT2D eigenvalue weighted by Gasteiger charge is -2.26. The second-order valence-corrected chi connectivity index (χ2v) is 7.64. The molecule has 6 heteroatoms. The van der Waals surface area contributed by atoms with Gasteiger partial charge in [-0.1, -0.05) is 23.4 Å². The fourth-order valence-electron chi connectivity index (χ4n) is 4.28. The first-order valence-corrected chi connectivity index (χ1v) is 10.1. The molecule has 0 spiro atoms. The van der Waals surface area contributed by atoms with Crippen LogP contribution in [0.15, 0.2) is 58.4 Å². The number of aromatic nitrogens is 1. The summed E-state index contributed by atoms with van der Waals surface area (Å²) in [5.41, 5.74) is 6.29. The molecular formula is C23H24N4O2. The molecule has 0 unspecified atom stereocenters. The molecule has 1 aliphatic heterocycles. The standard InChI is InChI=1S/C23H24N4O2/c28-26-22-4-2-17-13-18(1-3-20(17)22)21-14-19(15-27-11-9-25-10-12-27)29-23(21)16-5-7-24-8-6-16/h1,3,5-8,13-14,25,28H,2,4,9-12,15H2. The summed E-state index contributed by atoms with van der Waals surface area (Å²) in [7, 11) is 0. The van der Waals surface area contributed by atoms with Crippen LogP contribution in [0.4, 0.5) is 0 Å². The van der Waals surface area contributed by atoms with Gasteiger partial charge in [0.1, 0.15) is 11.5 Å². The van der Waals surface area contributed by atoms with Gasteiger partial charge in [0.25, 0.3) is 0 Å². The summed E-state index contributed by atoms with van der Waals surface area (Å²) in [5.74, 6) is 1.86. The molecule has 0 amide bonds. The van der Waals surface area contributed by atoms with Crippen molar-refractivity contribution in [2.24, 2.45) is 5.16 Å². The highest BCUT2D eigenvalue weighted by Gasteiger charge is 2.22. The minimum absolute atomic E-state index is 0.771. The predicted molar refractivity (Wildman–Crippen MR) is 112 cm³/mol. The van der Waals surface area contributed by atoms with Crippen molar-refractivity contribution in [1.82, 2.24) is 15.2 Å². The van der Waals surface area contributed by atoms with Gasteiger partial charge < -0.3 is 14.9 Å². The highest BCUT2D eigenvalue weighted by Crippen LogP contribution is 2.37. The van der Waals surface area contributed by atoms with E-state index in [0.29, 0.717) is 0 Å². The third kappa shape index (κ3) is 3.57. The molecule has 1 aromatic carbocycles. The number of fused-ring (bicyclic) bond motifs is 1. The van der Waals surface area contributed by atoms with Crippen molar-refractivity contribution in [1.29, 1.82) is 0 Å². The van der Waals surface area contributed by atoms with Crippen LogP contribution in [-0.2, 0) is 13.0 Å². The van der Waals surface area contributed by atoms with Crippen LogP contribution < -0.4 is 5.32 Å². The van der Waals surface area contributed by atoms with Gasteiger partial charge in [-0.15, -0.1) is 0 Å². The molecule has 6 nitrogen and oxygen atoms in total. The van der Waals surface area contributed by atoms with E-state index in [4.69, 9.17) is 4.42 Å². The zero-order chi connectivity index (χ0) is 19.6. The van der Waals surface area contributed by atoms with Gasteiger partial charge in [0, 0.05) is 55.3 Å². The van der Waals surface area contributed by atoms with Gasteiger partial charge in [-0.25, -0.2) is 0 Å². The normalized spacial score (nSPS) is 18.3. The van der Waals surface area contributed by atoms with Crippen molar-refractivity contribution >= 4 is 5.71 Å². The number of piperazine rings is 1. The number of nitrogens with one attached hydrogen (secondary N) is 1. The zero-order valence-electron chi connectivity index (χ0n) is 16.3. The number of hydrogen-bond acceptors (Lipinski definition) is 6. The number of rotatable bonds is 4. The van der Waals surface area contributed by atoms with E-state index in [2.05, 4.69) is 44.6 Å². The Bertz CT molecular complexity index is 1040. The molecule has 29 heavy (non-hydrogen) atoms. The molecule has 0 saturated carbocycles. The van der Waals surface area contributed by atoms with E-state index in [1.165, 1.54) is 5.56 Å². The van der Waals surface area contributed by atoms with E-state index < -0.39 is 0 Å². The van der Waals surface area contributed by atoms with E-state index in [9.17, 15) is 5.21 Å². The van der Waals surface area contributed by atoms with Gasteiger partial charge in [0.15, 0.2) is 0 Å². The summed E-state index contributed by atoms with van der Waals surface area (Å²) in [5, 5.41) is 16.0. The fourth-order valence-corrected chi connectivity index (χ4v) is 4.28. The molecule has 1 fully saturated rings. The number of oxime groups is 1. The third-order valence-electron chi connectivity index (χ3n) is 5.79. The summed E-state index contributed by atoms with van der Waals surface area (Å²) in [6, 6.07) is 12.5. The van der Waals surface area contributed by atoms with Crippen LogP contribution in [0, 0.1) is 0 Å². The topological polar surface area (TPSA) is 73.9 Å². The van der Waals surface area contributed by atoms with E-state index in [0.717, 1.165) is 85.1 Å². The average Bonchev–Trinajstić information content (AvgIpc) is 3.38. The highest BCUT2D eigenvalue weighted by atomic mass is 16.4. The van der Waals surface area contributed by atoms with Crippen LogP contribution >= 0.6 is 0 Å². The lowest BCUT2D eigenvalue weighted by atomic mass is 9.98. The minimum atomic E-state index is 0.771. The molecule has 0 atom stereocenters. The van der Waals surface area contributed by atoms with Crippen molar-refractivity contribution < 1.29 is 9.62 Å². The van der Waals surface area contributed by atoms with Crippen molar-refractivity contribution in [3.63, 3.8) is 0 Å². The van der Waals surface area contributed by atoms with Crippen molar-refractivity contribution in [3.05, 3.63) is 65.7 Å². The van der Waals surface area contributed by atoms with E-state index in [1.54, 1.807) is 12.4 Å². The first-order valence-electron chi connectivity index (χ1n) is 10.1. The Morgan fingerprint density at radius 1 is 1.00 bits per heavy atom. The number of aryl methyl sites for hydroxylation is 1. The quantitative estimate of drug-likeness (QED) is 0.528. The first kappa shape index (κ1) is 18.1. The summed E-state index contributed by atoms with van der Waals surface area (Å²) in [4.78, 5) is 6.56. The Hall–Kier alpha value is -2.96. The number of pyridine rings is 1. The van der Waals surface area contributed by atoms with Gasteiger partial charge in [-0.05, 0) is 42.2 Å². The fraction of sp³-hybridized carbons (Fsp3) is 0.304. The Labute approximate surface area is 169 Å². The van der Waals surface area contributed by atoms with Gasteiger partial charge in [0.2, 0.25) is 0 Å². The summed E-state index contributed by atoms with van der Waals surface area (Å²) in [6.07, 6.45) is 5.28. The summed E-state index contributed by atoms with van der Waals surface area (Å²) < 4.78 is 6.37. The van der Waals surface area contributed by atoms with Gasteiger partial charge in [-0.3, -0.25) is 9.88 Å². The second kappa shape index (κ2) is 7.81. The van der Waals surface area contributed by atoms with Gasteiger partial charge in [-0.2, -0.15) is 0 Å². The molecule has 2 aliphatic rings. The second-order valence-electron chi connectivity index (χ2n) is 7.64. The number of furan rings is 1. The molecule has 1 saturated heterocycles. The minimum Gasteiger partial charge on any atom is -0.459 e. The molecule has 0 bridgehead atoms. The van der Waals surface area contributed by atoms with Gasteiger partial charge >= 0.3 is 0 Å². The first-order chi connectivity index (χ1) is 14.3. The van der Waals surface area contributed by atoms with Crippen LogP contribution in [-0.4, -0.2) is 47.0 Å². The Balaban J connectivity index is 1.54. The maximum Gasteiger partial charge on any atom is 0.142 e. The maximum absolute atomic E-state index is 9.21. The van der Waals surface area contributed by atoms with Crippen LogP contribution in [0.2, 0.25) is 0 Å². The van der Waals surface area contributed by atoms with Crippen LogP contribution in [0.1, 0.15) is 23.3 Å². The van der Waals surface area contributed by atoms with Gasteiger partial charge in [0.05, 0.1) is 12.3 Å². The third-order valence-corrected chi connectivity index (χ3v) is 5.79. The van der Waals surface area contributed by atoms with Crippen molar-refractivity contribution in [2.45, 2.75) is 19.4 Å². The molecular weight excluding hydrogens is 364 g/mol. The molecule has 2 aromatic heterocycles. The van der Waals surface area contributed by atoms with Crippen molar-refractivity contribution in [3.8, 4) is 22.5 Å². The summed E-state index contributed by atoms with van der Waals surface area (Å²) >= 11 is 0. The van der Waals surface area contributed by atoms with Crippen LogP contribution in [0.5, 0.6) is 0 Å². The lowest BCUT2D eigenvalue weighted by Crippen LogP contribution is -2.42. The molecule has 2 N–H and O–H groups in total. The molecule has 0 radical (unpaired) electrons. The molecule has 5 rings (SSSR count). The molecule has 3 aromatic rings. The number of hydrogen-bond donors (Lipinski definition) is 2. The number of benzene rings is 1. The van der Waals surface area contributed by atoms with Crippen molar-refractivity contribution in [2.75, 3.05) is 26.2 Å². The highest BCUT2D eigenvalue weighted by molar-refractivity contribution is 6.04. The Morgan fingerprint density at radius 2 is 1.83 bits per heavy atom. The average molecular weight is 388 g/mol. The maximum atomic E-state index is 9.21. The molecule has 148 valence electrons. The van der Waals surface area contributed by atoms with Crippen LogP contribution in [0.3, 0.4) is 0 Å². The predicted octanol–water partition coefficient (Wildman–Crippen LogP) is 3.54. The molecule has 1 aliphatic carbocycles. The molecule has 3 heterocycles. The zero-order valence-corrected chi connectivity index (χ0v) is 16.3. The van der Waals surface area contributed by atoms with Crippen LogP contribution in [0.25, 0.3) is 22.5 Å². The van der Waals surface area contributed by atoms with E-state index in [-0.39, 0.29) is 0 Å². The Morgan fingerprint density at radius 3 is 2.62 bits per heavy atom. The van der Waals surface area contributed by atoms with E-state index >= 15 is 0 Å². The SMILES string of the molecule is ON=C1CCc2cc(-c3cc(CN4CCNCC4)oc3-c3ccncc3)ccc21. The van der Waals surface area contributed by atoms with E-state index in [1.807, 2.05) is 12.1 Å². The monoisotopic (exact) mass is 388 g/mol. The Kier molecular flexibility index (Phi) is 4.87.